The number of nitrogens with two attached hydrogens (primary N) is 1. The molecule has 1 aromatic carbocycles. The summed E-state index contributed by atoms with van der Waals surface area (Å²) in [5, 5.41) is 29.4. The summed E-state index contributed by atoms with van der Waals surface area (Å²) in [6.07, 6.45) is 2.84. The highest BCUT2D eigenvalue weighted by atomic mass is 16.3. The molecule has 1 aliphatic carbocycles. The van der Waals surface area contributed by atoms with E-state index < -0.39 is 30.6 Å². The first-order valence-corrected chi connectivity index (χ1v) is 10.2. The van der Waals surface area contributed by atoms with Gasteiger partial charge >= 0.3 is 0 Å². The molecule has 2 rings (SSSR count). The Hall–Kier alpha value is -2.25. The quantitative estimate of drug-likeness (QED) is 0.412. The molecule has 0 aliphatic heterocycles. The highest BCUT2D eigenvalue weighted by Gasteiger charge is 2.34. The lowest BCUT2D eigenvalue weighted by Crippen LogP contribution is -2.33. The number of aliphatic hydroxyl groups is 2. The van der Waals surface area contributed by atoms with Crippen molar-refractivity contribution in [2.45, 2.75) is 51.9 Å². The number of aryl methyl sites for hydroxylation is 1. The minimum Gasteiger partial charge on any atom is -0.507 e. The van der Waals surface area contributed by atoms with Crippen molar-refractivity contribution in [1.29, 1.82) is 0 Å². The SMILES string of the molecule is CCCc1ccc(O)c2c1CC(CC(CCO)C(CO)C(=O)CC(N)=O)CC2=O. The van der Waals surface area contributed by atoms with Crippen LogP contribution < -0.4 is 5.73 Å². The number of benzene rings is 1. The molecule has 0 saturated heterocycles. The number of aromatic hydroxyl groups is 1. The van der Waals surface area contributed by atoms with Gasteiger partial charge in [-0.3, -0.25) is 14.4 Å². The van der Waals surface area contributed by atoms with Gasteiger partial charge in [0, 0.05) is 18.9 Å². The van der Waals surface area contributed by atoms with Crippen molar-refractivity contribution in [1.82, 2.24) is 0 Å². The third kappa shape index (κ3) is 5.64. The molecule has 7 heteroatoms. The summed E-state index contributed by atoms with van der Waals surface area (Å²) in [6, 6.07) is 3.42. The standard InChI is InChI=1S/C22H31NO6/c1-2-3-14-4-5-18(26)22-16(14)9-13(10-20(22)28)8-15(6-7-24)17(12-25)19(27)11-21(23)29/h4-5,13,15,17,24-26H,2-3,6-12H2,1H3,(H2,23,29). The lowest BCUT2D eigenvalue weighted by molar-refractivity contribution is -0.131. The summed E-state index contributed by atoms with van der Waals surface area (Å²) >= 11 is 0. The van der Waals surface area contributed by atoms with Crippen molar-refractivity contribution in [3.8, 4) is 5.75 Å². The molecule has 1 aliphatic rings. The zero-order chi connectivity index (χ0) is 21.6. The van der Waals surface area contributed by atoms with Gasteiger partial charge in [-0.25, -0.2) is 0 Å². The summed E-state index contributed by atoms with van der Waals surface area (Å²) in [6.45, 7) is 1.45. The van der Waals surface area contributed by atoms with E-state index in [1.165, 1.54) is 0 Å². The van der Waals surface area contributed by atoms with Gasteiger partial charge in [0.15, 0.2) is 5.78 Å². The second kappa shape index (κ2) is 10.5. The van der Waals surface area contributed by atoms with Crippen LogP contribution in [0.15, 0.2) is 12.1 Å². The van der Waals surface area contributed by atoms with Crippen LogP contribution in [0, 0.1) is 17.8 Å². The van der Waals surface area contributed by atoms with Crippen molar-refractivity contribution >= 4 is 17.5 Å². The number of amides is 1. The monoisotopic (exact) mass is 405 g/mol. The number of hydrogen-bond acceptors (Lipinski definition) is 6. The summed E-state index contributed by atoms with van der Waals surface area (Å²) in [4.78, 5) is 36.2. The Labute approximate surface area is 170 Å². The Morgan fingerprint density at radius 2 is 1.97 bits per heavy atom. The molecule has 1 aromatic rings. The molecule has 0 saturated carbocycles. The molecule has 7 nitrogen and oxygen atoms in total. The number of phenolic OH excluding ortho intramolecular Hbond substituents is 1. The van der Waals surface area contributed by atoms with Gasteiger partial charge in [-0.15, -0.1) is 0 Å². The summed E-state index contributed by atoms with van der Waals surface area (Å²) < 4.78 is 0. The second-order valence-corrected chi connectivity index (χ2v) is 7.95. The van der Waals surface area contributed by atoms with E-state index in [9.17, 15) is 29.7 Å². The first-order chi connectivity index (χ1) is 13.8. The lowest BCUT2D eigenvalue weighted by Gasteiger charge is -2.31. The normalized spacial score (nSPS) is 18.2. The minimum atomic E-state index is -0.801. The van der Waals surface area contributed by atoms with Crippen molar-refractivity contribution in [2.24, 2.45) is 23.5 Å². The Morgan fingerprint density at radius 3 is 2.55 bits per heavy atom. The smallest absolute Gasteiger partial charge is 0.224 e. The lowest BCUT2D eigenvalue weighted by atomic mass is 9.72. The zero-order valence-corrected chi connectivity index (χ0v) is 16.9. The van der Waals surface area contributed by atoms with Gasteiger partial charge in [0.05, 0.1) is 18.6 Å². The molecular weight excluding hydrogens is 374 g/mol. The number of primary amides is 1. The van der Waals surface area contributed by atoms with Gasteiger partial charge in [-0.05, 0) is 54.7 Å². The number of Topliss-reactive ketones (excluding diaryl/α,β-unsaturated/α-hetero) is 2. The van der Waals surface area contributed by atoms with Crippen LogP contribution in [0.2, 0.25) is 0 Å². The molecule has 0 aromatic heterocycles. The number of phenols is 1. The average Bonchev–Trinajstić information content (AvgIpc) is 2.64. The van der Waals surface area contributed by atoms with Crippen LogP contribution in [-0.2, 0) is 22.4 Å². The summed E-state index contributed by atoms with van der Waals surface area (Å²) in [5.74, 6) is -2.55. The molecule has 1 amide bonds. The van der Waals surface area contributed by atoms with Crippen LogP contribution in [-0.4, -0.2) is 46.0 Å². The van der Waals surface area contributed by atoms with E-state index in [1.807, 2.05) is 6.07 Å². The van der Waals surface area contributed by atoms with Crippen LogP contribution in [0.25, 0.3) is 0 Å². The fourth-order valence-electron chi connectivity index (χ4n) is 4.51. The van der Waals surface area contributed by atoms with E-state index >= 15 is 0 Å². The van der Waals surface area contributed by atoms with E-state index in [2.05, 4.69) is 6.92 Å². The summed E-state index contributed by atoms with van der Waals surface area (Å²) in [7, 11) is 0. The fraction of sp³-hybridized carbons (Fsp3) is 0.591. The van der Waals surface area contributed by atoms with Crippen LogP contribution in [0.5, 0.6) is 5.75 Å². The van der Waals surface area contributed by atoms with Gasteiger partial charge in [-0.1, -0.05) is 19.4 Å². The topological polar surface area (TPSA) is 138 Å². The molecule has 0 spiro atoms. The maximum atomic E-state index is 12.7. The number of ketones is 2. The van der Waals surface area contributed by atoms with Crippen molar-refractivity contribution in [3.63, 3.8) is 0 Å². The molecule has 0 bridgehead atoms. The fourth-order valence-corrected chi connectivity index (χ4v) is 4.51. The van der Waals surface area contributed by atoms with Crippen molar-refractivity contribution < 1.29 is 29.7 Å². The number of rotatable bonds is 11. The van der Waals surface area contributed by atoms with Crippen LogP contribution in [0.4, 0.5) is 0 Å². The number of carbonyl (C=O) groups is 3. The second-order valence-electron chi connectivity index (χ2n) is 7.95. The molecule has 0 radical (unpaired) electrons. The first-order valence-electron chi connectivity index (χ1n) is 10.2. The maximum absolute atomic E-state index is 12.7. The predicted octanol–water partition coefficient (Wildman–Crippen LogP) is 1.53. The zero-order valence-electron chi connectivity index (χ0n) is 16.9. The molecule has 160 valence electrons. The number of hydrogen-bond donors (Lipinski definition) is 4. The number of aliphatic hydroxyl groups excluding tert-OH is 2. The molecule has 3 unspecified atom stereocenters. The minimum absolute atomic E-state index is 0.0000759. The predicted molar refractivity (Wildman–Crippen MR) is 107 cm³/mol. The third-order valence-electron chi connectivity index (χ3n) is 5.82. The third-order valence-corrected chi connectivity index (χ3v) is 5.82. The first kappa shape index (κ1) is 23.0. The summed E-state index contributed by atoms with van der Waals surface area (Å²) in [5.41, 5.74) is 7.42. The number of carbonyl (C=O) groups excluding carboxylic acids is 3. The highest BCUT2D eigenvalue weighted by molar-refractivity contribution is 6.01. The van der Waals surface area contributed by atoms with Gasteiger partial charge < -0.3 is 21.1 Å². The van der Waals surface area contributed by atoms with Crippen molar-refractivity contribution in [2.75, 3.05) is 13.2 Å². The van der Waals surface area contributed by atoms with E-state index in [0.717, 1.165) is 24.0 Å². The van der Waals surface area contributed by atoms with Gasteiger partial charge in [0.25, 0.3) is 0 Å². The van der Waals surface area contributed by atoms with Crippen LogP contribution in [0.3, 0.4) is 0 Å². The van der Waals surface area contributed by atoms with Crippen LogP contribution >= 0.6 is 0 Å². The van der Waals surface area contributed by atoms with E-state index in [0.29, 0.717) is 18.4 Å². The molecule has 0 heterocycles. The number of fused-ring (bicyclic) bond motifs is 1. The average molecular weight is 405 g/mol. The van der Waals surface area contributed by atoms with Gasteiger partial charge in [0.1, 0.15) is 11.5 Å². The van der Waals surface area contributed by atoms with E-state index in [-0.39, 0.29) is 42.8 Å². The van der Waals surface area contributed by atoms with E-state index in [4.69, 9.17) is 5.73 Å². The largest absolute Gasteiger partial charge is 0.507 e. The Morgan fingerprint density at radius 1 is 1.24 bits per heavy atom. The Kier molecular flexibility index (Phi) is 8.34. The van der Waals surface area contributed by atoms with E-state index in [1.54, 1.807) is 6.07 Å². The molecular formula is C22H31NO6. The molecule has 5 N–H and O–H groups in total. The Bertz CT molecular complexity index is 760. The van der Waals surface area contributed by atoms with Crippen LogP contribution in [0.1, 0.15) is 60.5 Å². The van der Waals surface area contributed by atoms with Gasteiger partial charge in [-0.2, -0.15) is 0 Å². The van der Waals surface area contributed by atoms with Crippen molar-refractivity contribution in [3.05, 3.63) is 28.8 Å². The highest BCUT2D eigenvalue weighted by Crippen LogP contribution is 2.38. The van der Waals surface area contributed by atoms with Gasteiger partial charge in [0.2, 0.25) is 5.91 Å². The molecule has 3 atom stereocenters. The Balaban J connectivity index is 2.26. The molecule has 0 fully saturated rings. The maximum Gasteiger partial charge on any atom is 0.224 e. The molecule has 29 heavy (non-hydrogen) atoms.